The Balaban J connectivity index is 1.86. The number of benzene rings is 1. The first-order valence-corrected chi connectivity index (χ1v) is 7.98. The highest BCUT2D eigenvalue weighted by Crippen LogP contribution is 2.23. The van der Waals surface area contributed by atoms with Crippen LogP contribution in [0.4, 0.5) is 0 Å². The van der Waals surface area contributed by atoms with E-state index in [2.05, 4.69) is 21.0 Å². The molecule has 0 radical (unpaired) electrons. The number of hydrogen-bond acceptors (Lipinski definition) is 2. The minimum Gasteiger partial charge on any atom is -0.339 e. The number of carbonyl (C=O) groups is 1. The second-order valence-corrected chi connectivity index (χ2v) is 6.24. The van der Waals surface area contributed by atoms with E-state index in [1.54, 1.807) is 0 Å². The van der Waals surface area contributed by atoms with Gasteiger partial charge in [0, 0.05) is 18.7 Å². The van der Waals surface area contributed by atoms with Gasteiger partial charge in [0.1, 0.15) is 0 Å². The van der Waals surface area contributed by atoms with E-state index in [4.69, 9.17) is 0 Å². The fourth-order valence-corrected chi connectivity index (χ4v) is 2.97. The van der Waals surface area contributed by atoms with Crippen LogP contribution in [0.15, 0.2) is 28.7 Å². The molecule has 0 atom stereocenters. The number of nitrogens with zero attached hydrogens (tertiary/aromatic N) is 3. The van der Waals surface area contributed by atoms with Crippen molar-refractivity contribution in [3.05, 3.63) is 45.7 Å². The minimum atomic E-state index is 0.133. The van der Waals surface area contributed by atoms with E-state index in [1.807, 2.05) is 47.7 Å². The van der Waals surface area contributed by atoms with Gasteiger partial charge in [-0.25, -0.2) is 4.68 Å². The Labute approximate surface area is 132 Å². The van der Waals surface area contributed by atoms with Gasteiger partial charge in [0.2, 0.25) is 0 Å². The van der Waals surface area contributed by atoms with Gasteiger partial charge < -0.3 is 4.90 Å². The highest BCUT2D eigenvalue weighted by molar-refractivity contribution is 9.10. The van der Waals surface area contributed by atoms with E-state index in [-0.39, 0.29) is 5.91 Å². The molecule has 0 saturated carbocycles. The molecule has 0 aliphatic carbocycles. The number of aromatic nitrogens is 2. The van der Waals surface area contributed by atoms with Crippen LogP contribution in [-0.4, -0.2) is 33.7 Å². The maximum absolute atomic E-state index is 12.3. The SMILES string of the molecule is Cc1nn(-c2ccc(C(=O)N3CCCC3)cc2)c(C)c1Br. The zero-order valence-corrected chi connectivity index (χ0v) is 13.9. The molecule has 2 heterocycles. The normalized spacial score (nSPS) is 14.7. The van der Waals surface area contributed by atoms with E-state index in [0.717, 1.165) is 53.0 Å². The molecule has 1 amide bonds. The number of hydrogen-bond donors (Lipinski definition) is 0. The van der Waals surface area contributed by atoms with Gasteiger partial charge in [-0.1, -0.05) is 0 Å². The average molecular weight is 348 g/mol. The first kappa shape index (κ1) is 14.3. The van der Waals surface area contributed by atoms with E-state index < -0.39 is 0 Å². The maximum atomic E-state index is 12.3. The predicted octanol–water partition coefficient (Wildman–Crippen LogP) is 3.49. The summed E-state index contributed by atoms with van der Waals surface area (Å²) in [5, 5.41) is 4.51. The van der Waals surface area contributed by atoms with Crippen LogP contribution in [0.5, 0.6) is 0 Å². The molecule has 1 aromatic heterocycles. The molecule has 2 aromatic rings. The van der Waals surface area contributed by atoms with Gasteiger partial charge in [0.25, 0.3) is 5.91 Å². The lowest BCUT2D eigenvalue weighted by Crippen LogP contribution is -2.27. The second kappa shape index (κ2) is 5.64. The quantitative estimate of drug-likeness (QED) is 0.833. The van der Waals surface area contributed by atoms with E-state index in [0.29, 0.717) is 0 Å². The molecule has 110 valence electrons. The van der Waals surface area contributed by atoms with Gasteiger partial charge >= 0.3 is 0 Å². The number of carbonyl (C=O) groups excluding carboxylic acids is 1. The van der Waals surface area contributed by atoms with Gasteiger partial charge in [-0.15, -0.1) is 0 Å². The van der Waals surface area contributed by atoms with Crippen LogP contribution >= 0.6 is 15.9 Å². The van der Waals surface area contributed by atoms with Crippen LogP contribution < -0.4 is 0 Å². The lowest BCUT2D eigenvalue weighted by molar-refractivity contribution is 0.0793. The summed E-state index contributed by atoms with van der Waals surface area (Å²) in [6.45, 7) is 5.75. The van der Waals surface area contributed by atoms with Crippen molar-refractivity contribution in [1.29, 1.82) is 0 Å². The fourth-order valence-electron chi connectivity index (χ4n) is 2.72. The molecule has 5 heteroatoms. The lowest BCUT2D eigenvalue weighted by atomic mass is 10.2. The molecule has 1 aliphatic heterocycles. The summed E-state index contributed by atoms with van der Waals surface area (Å²) in [5.41, 5.74) is 3.75. The molecule has 1 aromatic carbocycles. The summed E-state index contributed by atoms with van der Waals surface area (Å²) >= 11 is 3.54. The molecule has 1 saturated heterocycles. The van der Waals surface area contributed by atoms with Gasteiger partial charge in [-0.2, -0.15) is 5.10 Å². The van der Waals surface area contributed by atoms with Crippen molar-refractivity contribution in [2.24, 2.45) is 0 Å². The molecule has 0 N–H and O–H groups in total. The molecule has 1 aliphatic rings. The first-order valence-electron chi connectivity index (χ1n) is 7.19. The second-order valence-electron chi connectivity index (χ2n) is 5.44. The third-order valence-electron chi connectivity index (χ3n) is 3.96. The van der Waals surface area contributed by atoms with Crippen molar-refractivity contribution in [3.63, 3.8) is 0 Å². The van der Waals surface area contributed by atoms with Gasteiger partial charge in [0.05, 0.1) is 21.5 Å². The third kappa shape index (κ3) is 2.62. The summed E-state index contributed by atoms with van der Waals surface area (Å²) in [6, 6.07) is 7.69. The largest absolute Gasteiger partial charge is 0.339 e. The average Bonchev–Trinajstić information content (AvgIpc) is 3.12. The monoisotopic (exact) mass is 347 g/mol. The van der Waals surface area contributed by atoms with Gasteiger partial charge in [-0.05, 0) is 66.9 Å². The fraction of sp³-hybridized carbons (Fsp3) is 0.375. The Morgan fingerprint density at radius 3 is 2.29 bits per heavy atom. The van der Waals surface area contributed by atoms with E-state index in [1.165, 1.54) is 0 Å². The maximum Gasteiger partial charge on any atom is 0.253 e. The summed E-state index contributed by atoms with van der Waals surface area (Å²) in [6.07, 6.45) is 2.23. The minimum absolute atomic E-state index is 0.133. The highest BCUT2D eigenvalue weighted by atomic mass is 79.9. The molecule has 21 heavy (non-hydrogen) atoms. The Morgan fingerprint density at radius 2 is 1.76 bits per heavy atom. The predicted molar refractivity (Wildman–Crippen MR) is 85.9 cm³/mol. The summed E-state index contributed by atoms with van der Waals surface area (Å²) < 4.78 is 2.92. The Kier molecular flexibility index (Phi) is 3.85. The van der Waals surface area contributed by atoms with Crippen LogP contribution in [-0.2, 0) is 0 Å². The Bertz CT molecular complexity index is 670. The lowest BCUT2D eigenvalue weighted by Gasteiger charge is -2.15. The van der Waals surface area contributed by atoms with Crippen molar-refractivity contribution < 1.29 is 4.79 Å². The molecule has 4 nitrogen and oxygen atoms in total. The van der Waals surface area contributed by atoms with E-state index in [9.17, 15) is 4.79 Å². The zero-order chi connectivity index (χ0) is 15.0. The number of aryl methyl sites for hydroxylation is 1. The van der Waals surface area contributed by atoms with Crippen LogP contribution in [0.3, 0.4) is 0 Å². The Hall–Kier alpha value is -1.62. The highest BCUT2D eigenvalue weighted by Gasteiger charge is 2.19. The van der Waals surface area contributed by atoms with Crippen LogP contribution in [0.2, 0.25) is 0 Å². The first-order chi connectivity index (χ1) is 10.1. The topological polar surface area (TPSA) is 38.1 Å². The van der Waals surface area contributed by atoms with Crippen LogP contribution in [0, 0.1) is 13.8 Å². The van der Waals surface area contributed by atoms with Crippen LogP contribution in [0.25, 0.3) is 5.69 Å². The van der Waals surface area contributed by atoms with Crippen molar-refractivity contribution in [2.75, 3.05) is 13.1 Å². The number of likely N-dealkylation sites (tertiary alicyclic amines) is 1. The standard InChI is InChI=1S/C16H18BrN3O/c1-11-15(17)12(2)20(18-11)14-7-5-13(6-8-14)16(21)19-9-3-4-10-19/h5-8H,3-4,9-10H2,1-2H3. The molecule has 0 unspecified atom stereocenters. The smallest absolute Gasteiger partial charge is 0.253 e. The molecular formula is C16H18BrN3O. The van der Waals surface area contributed by atoms with Crippen molar-refractivity contribution in [3.8, 4) is 5.69 Å². The van der Waals surface area contributed by atoms with Crippen molar-refractivity contribution >= 4 is 21.8 Å². The molecule has 0 bridgehead atoms. The zero-order valence-electron chi connectivity index (χ0n) is 12.3. The summed E-state index contributed by atoms with van der Waals surface area (Å²) in [7, 11) is 0. The van der Waals surface area contributed by atoms with E-state index >= 15 is 0 Å². The summed E-state index contributed by atoms with van der Waals surface area (Å²) in [4.78, 5) is 14.2. The molecule has 1 fully saturated rings. The summed E-state index contributed by atoms with van der Waals surface area (Å²) in [5.74, 6) is 0.133. The van der Waals surface area contributed by atoms with Gasteiger partial charge in [-0.3, -0.25) is 4.79 Å². The third-order valence-corrected chi connectivity index (χ3v) is 5.10. The number of halogens is 1. The number of amides is 1. The number of rotatable bonds is 2. The van der Waals surface area contributed by atoms with Crippen LogP contribution in [0.1, 0.15) is 34.6 Å². The molecule has 0 spiro atoms. The molecule has 3 rings (SSSR count). The molecular weight excluding hydrogens is 330 g/mol. The van der Waals surface area contributed by atoms with Crippen molar-refractivity contribution in [1.82, 2.24) is 14.7 Å². The van der Waals surface area contributed by atoms with Crippen molar-refractivity contribution in [2.45, 2.75) is 26.7 Å². The Morgan fingerprint density at radius 1 is 1.14 bits per heavy atom. The van der Waals surface area contributed by atoms with Gasteiger partial charge in [0.15, 0.2) is 0 Å².